The molecule has 3 nitrogen and oxygen atoms in total. The molecule has 0 N–H and O–H groups in total. The van der Waals surface area contributed by atoms with E-state index in [9.17, 15) is 9.65 Å². The Morgan fingerprint density at radius 1 is 1.19 bits per heavy atom. The molecule has 0 saturated heterocycles. The van der Waals surface area contributed by atoms with Crippen molar-refractivity contribution < 1.29 is 13.9 Å². The Morgan fingerprint density at radius 2 is 1.86 bits per heavy atom. The Kier molecular flexibility index (Phi) is 3.63. The fourth-order valence-electron chi connectivity index (χ4n) is 2.01. The van der Waals surface area contributed by atoms with E-state index in [1.807, 2.05) is 0 Å². The first-order valence-corrected chi connectivity index (χ1v) is 6.93. The summed E-state index contributed by atoms with van der Waals surface area (Å²) in [6.45, 7) is 0.192. The topological polar surface area (TPSA) is 42.2 Å². The molecule has 0 aliphatic carbocycles. The molecule has 0 bridgehead atoms. The summed E-state index contributed by atoms with van der Waals surface area (Å²) in [7, 11) is 0. The number of hydrogen-bond acceptors (Lipinski definition) is 3. The molecule has 1 aliphatic heterocycles. The number of fused-ring (bicyclic) bond motifs is 1. The quantitative estimate of drug-likeness (QED) is 0.599. The maximum Gasteiger partial charge on any atom is 0.231 e. The average Bonchev–Trinajstić information content (AvgIpc) is 2.93. The molecule has 0 amide bonds. The van der Waals surface area contributed by atoms with Gasteiger partial charge in [0.2, 0.25) is 6.79 Å². The first-order valence-electron chi connectivity index (χ1n) is 6.14. The number of nitriles is 1. The van der Waals surface area contributed by atoms with Crippen LogP contribution in [0.5, 0.6) is 11.5 Å². The SMILES string of the molecule is N#CC(=Cc1cc2c(cc1Br)OCO2)c1ccc(F)cc1. The first-order chi connectivity index (χ1) is 10.2. The zero-order chi connectivity index (χ0) is 14.8. The fourth-order valence-corrected chi connectivity index (χ4v) is 2.45. The van der Waals surface area contributed by atoms with Crippen molar-refractivity contribution in [3.8, 4) is 17.6 Å². The van der Waals surface area contributed by atoms with E-state index in [1.54, 1.807) is 30.3 Å². The molecule has 2 aromatic rings. The third kappa shape index (κ3) is 2.76. The highest BCUT2D eigenvalue weighted by atomic mass is 79.9. The lowest BCUT2D eigenvalue weighted by atomic mass is 10.0. The fraction of sp³-hybridized carbons (Fsp3) is 0.0625. The molecule has 0 spiro atoms. The van der Waals surface area contributed by atoms with Gasteiger partial charge < -0.3 is 9.47 Å². The van der Waals surface area contributed by atoms with Crippen LogP contribution in [-0.4, -0.2) is 6.79 Å². The van der Waals surface area contributed by atoms with Crippen LogP contribution in [0, 0.1) is 17.1 Å². The van der Waals surface area contributed by atoms with Crippen molar-refractivity contribution >= 4 is 27.6 Å². The van der Waals surface area contributed by atoms with Gasteiger partial charge in [-0.05, 0) is 41.5 Å². The van der Waals surface area contributed by atoms with Crippen LogP contribution in [0.15, 0.2) is 40.9 Å². The molecule has 104 valence electrons. The molecule has 0 atom stereocenters. The lowest BCUT2D eigenvalue weighted by Gasteiger charge is -2.04. The van der Waals surface area contributed by atoms with Gasteiger partial charge in [-0.3, -0.25) is 0 Å². The standard InChI is InChI=1S/C16H9BrFNO2/c17-14-7-16-15(20-9-21-16)6-11(14)5-12(8-19)10-1-3-13(18)4-2-10/h1-7H,9H2. The van der Waals surface area contributed by atoms with Crippen LogP contribution in [0.2, 0.25) is 0 Å². The number of allylic oxidation sites excluding steroid dienone is 1. The largest absolute Gasteiger partial charge is 0.454 e. The predicted molar refractivity (Wildman–Crippen MR) is 80.1 cm³/mol. The number of benzene rings is 2. The highest BCUT2D eigenvalue weighted by molar-refractivity contribution is 9.10. The average molecular weight is 346 g/mol. The third-order valence-corrected chi connectivity index (χ3v) is 3.75. The Bertz CT molecular complexity index is 763. The molecule has 3 rings (SSSR count). The van der Waals surface area contributed by atoms with Gasteiger partial charge in [-0.2, -0.15) is 5.26 Å². The highest BCUT2D eigenvalue weighted by Crippen LogP contribution is 2.38. The summed E-state index contributed by atoms with van der Waals surface area (Å²) < 4.78 is 24.4. The Morgan fingerprint density at radius 3 is 2.52 bits per heavy atom. The summed E-state index contributed by atoms with van der Waals surface area (Å²) in [5.41, 5.74) is 1.89. The van der Waals surface area contributed by atoms with Gasteiger partial charge in [0, 0.05) is 4.47 Å². The minimum atomic E-state index is -0.333. The molecule has 2 aromatic carbocycles. The van der Waals surface area contributed by atoms with E-state index in [0.717, 1.165) is 10.0 Å². The molecule has 0 unspecified atom stereocenters. The normalized spacial score (nSPS) is 13.1. The number of halogens is 2. The lowest BCUT2D eigenvalue weighted by molar-refractivity contribution is 0.174. The molecule has 1 heterocycles. The van der Waals surface area contributed by atoms with E-state index in [0.29, 0.717) is 22.6 Å². The van der Waals surface area contributed by atoms with E-state index >= 15 is 0 Å². The van der Waals surface area contributed by atoms with Gasteiger partial charge in [0.05, 0.1) is 11.6 Å². The number of ether oxygens (including phenoxy) is 2. The van der Waals surface area contributed by atoms with Gasteiger partial charge in [-0.25, -0.2) is 4.39 Å². The molecular weight excluding hydrogens is 337 g/mol. The van der Waals surface area contributed by atoms with Crippen molar-refractivity contribution in [2.75, 3.05) is 6.79 Å². The van der Waals surface area contributed by atoms with Crippen LogP contribution in [0.1, 0.15) is 11.1 Å². The summed E-state index contributed by atoms with van der Waals surface area (Å²) in [6.07, 6.45) is 1.72. The number of rotatable bonds is 2. The summed E-state index contributed by atoms with van der Waals surface area (Å²) in [4.78, 5) is 0. The summed E-state index contributed by atoms with van der Waals surface area (Å²) >= 11 is 3.44. The minimum Gasteiger partial charge on any atom is -0.454 e. The van der Waals surface area contributed by atoms with E-state index in [-0.39, 0.29) is 12.6 Å². The van der Waals surface area contributed by atoms with Crippen molar-refractivity contribution in [3.05, 3.63) is 57.8 Å². The highest BCUT2D eigenvalue weighted by Gasteiger charge is 2.16. The summed E-state index contributed by atoms with van der Waals surface area (Å²) in [5.74, 6) is 0.973. The van der Waals surface area contributed by atoms with Gasteiger partial charge in [0.15, 0.2) is 11.5 Å². The van der Waals surface area contributed by atoms with E-state index in [2.05, 4.69) is 22.0 Å². The Balaban J connectivity index is 2.03. The van der Waals surface area contributed by atoms with E-state index < -0.39 is 0 Å². The van der Waals surface area contributed by atoms with Crippen LogP contribution < -0.4 is 9.47 Å². The van der Waals surface area contributed by atoms with Gasteiger partial charge in [0.1, 0.15) is 5.82 Å². The van der Waals surface area contributed by atoms with Crippen molar-refractivity contribution in [2.45, 2.75) is 0 Å². The van der Waals surface area contributed by atoms with Gasteiger partial charge >= 0.3 is 0 Å². The summed E-state index contributed by atoms with van der Waals surface area (Å²) in [6, 6.07) is 11.5. The summed E-state index contributed by atoms with van der Waals surface area (Å²) in [5, 5.41) is 9.31. The predicted octanol–water partition coefficient (Wildman–Crippen LogP) is 4.38. The van der Waals surface area contributed by atoms with Crippen molar-refractivity contribution in [2.24, 2.45) is 0 Å². The molecule has 0 radical (unpaired) electrons. The van der Waals surface area contributed by atoms with Crippen LogP contribution in [-0.2, 0) is 0 Å². The van der Waals surface area contributed by atoms with Gasteiger partial charge in [-0.1, -0.05) is 28.1 Å². The molecule has 21 heavy (non-hydrogen) atoms. The van der Waals surface area contributed by atoms with Gasteiger partial charge in [-0.15, -0.1) is 0 Å². The molecule has 5 heteroatoms. The molecule has 1 aliphatic rings. The van der Waals surface area contributed by atoms with Crippen LogP contribution in [0.25, 0.3) is 11.6 Å². The molecule has 0 aromatic heterocycles. The zero-order valence-corrected chi connectivity index (χ0v) is 12.4. The monoisotopic (exact) mass is 345 g/mol. The first kappa shape index (κ1) is 13.7. The second-order valence-corrected chi connectivity index (χ2v) is 5.26. The number of nitrogens with zero attached hydrogens (tertiary/aromatic N) is 1. The zero-order valence-electron chi connectivity index (χ0n) is 10.8. The smallest absolute Gasteiger partial charge is 0.231 e. The maximum absolute atomic E-state index is 13.0. The Hall–Kier alpha value is -2.32. The number of hydrogen-bond donors (Lipinski definition) is 0. The van der Waals surface area contributed by atoms with Crippen molar-refractivity contribution in [3.63, 3.8) is 0 Å². The maximum atomic E-state index is 13.0. The molecule has 0 saturated carbocycles. The Labute approximate surface area is 129 Å². The lowest BCUT2D eigenvalue weighted by Crippen LogP contribution is -1.92. The third-order valence-electron chi connectivity index (χ3n) is 3.07. The van der Waals surface area contributed by atoms with Crippen LogP contribution >= 0.6 is 15.9 Å². The van der Waals surface area contributed by atoms with Gasteiger partial charge in [0.25, 0.3) is 0 Å². The molecule has 0 fully saturated rings. The molecular formula is C16H9BrFNO2. The van der Waals surface area contributed by atoms with E-state index in [4.69, 9.17) is 9.47 Å². The second-order valence-electron chi connectivity index (χ2n) is 4.40. The second kappa shape index (κ2) is 5.58. The van der Waals surface area contributed by atoms with Crippen LogP contribution in [0.4, 0.5) is 4.39 Å². The van der Waals surface area contributed by atoms with E-state index in [1.165, 1.54) is 12.1 Å². The van der Waals surface area contributed by atoms with Crippen molar-refractivity contribution in [1.82, 2.24) is 0 Å². The van der Waals surface area contributed by atoms with Crippen molar-refractivity contribution in [1.29, 1.82) is 5.26 Å². The van der Waals surface area contributed by atoms with Crippen LogP contribution in [0.3, 0.4) is 0 Å². The minimum absolute atomic E-state index is 0.192.